The lowest BCUT2D eigenvalue weighted by Gasteiger charge is -2.17. The summed E-state index contributed by atoms with van der Waals surface area (Å²) in [5.74, 6) is 0.0838. The van der Waals surface area contributed by atoms with E-state index in [9.17, 15) is 9.59 Å². The Morgan fingerprint density at radius 2 is 2.09 bits per heavy atom. The van der Waals surface area contributed by atoms with Gasteiger partial charge in [0.05, 0.1) is 12.0 Å². The lowest BCUT2D eigenvalue weighted by molar-refractivity contribution is -0.117. The number of imidazole rings is 1. The lowest BCUT2D eigenvalue weighted by Crippen LogP contribution is -2.32. The minimum absolute atomic E-state index is 0.104. The molecule has 1 N–H and O–H groups in total. The van der Waals surface area contributed by atoms with Crippen molar-refractivity contribution in [3.8, 4) is 0 Å². The summed E-state index contributed by atoms with van der Waals surface area (Å²) in [4.78, 5) is 30.3. The van der Waals surface area contributed by atoms with Crippen LogP contribution in [0.25, 0.3) is 0 Å². The number of rotatable bonds is 4. The molecule has 0 spiro atoms. The highest BCUT2D eigenvalue weighted by Gasteiger charge is 2.30. The molecule has 1 aliphatic rings. The van der Waals surface area contributed by atoms with Gasteiger partial charge in [-0.3, -0.25) is 9.59 Å². The van der Waals surface area contributed by atoms with Crippen LogP contribution in [0.4, 0.5) is 5.69 Å². The number of aromatic nitrogens is 2. The third-order valence-corrected chi connectivity index (χ3v) is 4.16. The van der Waals surface area contributed by atoms with E-state index in [4.69, 9.17) is 0 Å². The number of nitrogens with zero attached hydrogens (tertiary/aromatic N) is 3. The van der Waals surface area contributed by atoms with Crippen molar-refractivity contribution in [2.45, 2.75) is 13.3 Å². The van der Waals surface area contributed by atoms with E-state index in [-0.39, 0.29) is 17.7 Å². The van der Waals surface area contributed by atoms with Crippen LogP contribution in [0.5, 0.6) is 0 Å². The first-order valence-electron chi connectivity index (χ1n) is 7.68. The van der Waals surface area contributed by atoms with Gasteiger partial charge in [-0.1, -0.05) is 18.2 Å². The number of aryl methyl sites for hydroxylation is 2. The van der Waals surface area contributed by atoms with Crippen molar-refractivity contribution in [2.24, 2.45) is 13.0 Å². The minimum Gasteiger partial charge on any atom is -0.350 e. The molecular formula is C17H20N4O2. The molecule has 1 unspecified atom stereocenters. The maximum atomic E-state index is 12.3. The first-order valence-corrected chi connectivity index (χ1v) is 7.68. The molecule has 3 rings (SSSR count). The molecule has 1 fully saturated rings. The van der Waals surface area contributed by atoms with Crippen molar-refractivity contribution < 1.29 is 9.59 Å². The summed E-state index contributed by atoms with van der Waals surface area (Å²) in [5.41, 5.74) is 2.18. The number of benzene rings is 1. The van der Waals surface area contributed by atoms with Crippen molar-refractivity contribution in [3.05, 3.63) is 48.0 Å². The minimum atomic E-state index is -0.145. The van der Waals surface area contributed by atoms with E-state index < -0.39 is 0 Å². The monoisotopic (exact) mass is 312 g/mol. The molecule has 0 aliphatic carbocycles. The largest absolute Gasteiger partial charge is 0.350 e. The Hall–Kier alpha value is -2.63. The Labute approximate surface area is 135 Å². The smallest absolute Gasteiger partial charge is 0.269 e. The average Bonchev–Trinajstić information content (AvgIpc) is 3.08. The fourth-order valence-corrected chi connectivity index (χ4v) is 2.97. The lowest BCUT2D eigenvalue weighted by atomic mass is 10.1. The van der Waals surface area contributed by atoms with Gasteiger partial charge in [-0.15, -0.1) is 0 Å². The topological polar surface area (TPSA) is 67.2 Å². The van der Waals surface area contributed by atoms with E-state index >= 15 is 0 Å². The standard InChI is InChI=1S/C17H20N4O2/c1-12-16(20(2)11-19-12)17(23)18-9-13-8-15(22)21(10-13)14-6-4-3-5-7-14/h3-7,11,13H,8-10H2,1-2H3,(H,18,23). The number of hydrogen-bond acceptors (Lipinski definition) is 3. The van der Waals surface area contributed by atoms with Gasteiger partial charge in [0.2, 0.25) is 5.91 Å². The second-order valence-electron chi connectivity index (χ2n) is 5.91. The van der Waals surface area contributed by atoms with Crippen LogP contribution in [0, 0.1) is 12.8 Å². The fraction of sp³-hybridized carbons (Fsp3) is 0.353. The van der Waals surface area contributed by atoms with Crippen LogP contribution in [-0.4, -0.2) is 34.5 Å². The highest BCUT2D eigenvalue weighted by molar-refractivity contribution is 5.96. The molecule has 2 amide bonds. The van der Waals surface area contributed by atoms with Crippen molar-refractivity contribution >= 4 is 17.5 Å². The first kappa shape index (κ1) is 15.3. The van der Waals surface area contributed by atoms with Crippen LogP contribution >= 0.6 is 0 Å². The first-order chi connectivity index (χ1) is 11.1. The molecule has 1 atom stereocenters. The van der Waals surface area contributed by atoms with E-state index in [0.29, 0.717) is 30.9 Å². The van der Waals surface area contributed by atoms with E-state index in [1.165, 1.54) is 0 Å². The molecule has 1 aliphatic heterocycles. The number of hydrogen-bond donors (Lipinski definition) is 1. The molecule has 120 valence electrons. The highest BCUT2D eigenvalue weighted by atomic mass is 16.2. The van der Waals surface area contributed by atoms with E-state index in [1.807, 2.05) is 37.3 Å². The fourth-order valence-electron chi connectivity index (χ4n) is 2.97. The van der Waals surface area contributed by atoms with Gasteiger partial charge in [-0.2, -0.15) is 0 Å². The second kappa shape index (κ2) is 6.24. The molecule has 1 saturated heterocycles. The Morgan fingerprint density at radius 3 is 2.74 bits per heavy atom. The van der Waals surface area contributed by atoms with Crippen LogP contribution in [0.1, 0.15) is 22.6 Å². The molecular weight excluding hydrogens is 292 g/mol. The zero-order chi connectivity index (χ0) is 16.4. The van der Waals surface area contributed by atoms with Gasteiger partial charge in [0, 0.05) is 38.2 Å². The van der Waals surface area contributed by atoms with E-state index in [1.54, 1.807) is 22.8 Å². The molecule has 23 heavy (non-hydrogen) atoms. The maximum absolute atomic E-state index is 12.3. The Morgan fingerprint density at radius 1 is 1.35 bits per heavy atom. The third kappa shape index (κ3) is 3.11. The van der Waals surface area contributed by atoms with Gasteiger partial charge in [0.1, 0.15) is 5.69 Å². The van der Waals surface area contributed by atoms with Gasteiger partial charge in [-0.05, 0) is 19.1 Å². The third-order valence-electron chi connectivity index (χ3n) is 4.16. The molecule has 6 heteroatoms. The van der Waals surface area contributed by atoms with Crippen LogP contribution in [0.15, 0.2) is 36.7 Å². The second-order valence-corrected chi connectivity index (χ2v) is 5.91. The van der Waals surface area contributed by atoms with Crippen LogP contribution in [0.2, 0.25) is 0 Å². The Bertz CT molecular complexity index is 704. The van der Waals surface area contributed by atoms with Gasteiger partial charge in [-0.25, -0.2) is 4.98 Å². The molecule has 2 aromatic rings. The molecule has 0 radical (unpaired) electrons. The molecule has 0 bridgehead atoms. The Balaban J connectivity index is 1.60. The SMILES string of the molecule is Cc1ncn(C)c1C(=O)NCC1CC(=O)N(c2ccccc2)C1. The Kier molecular flexibility index (Phi) is 4.14. The number of nitrogens with one attached hydrogen (secondary N) is 1. The summed E-state index contributed by atoms with van der Waals surface area (Å²) in [5, 5.41) is 2.92. The van der Waals surface area contributed by atoms with Crippen LogP contribution in [-0.2, 0) is 11.8 Å². The zero-order valence-electron chi connectivity index (χ0n) is 13.3. The van der Waals surface area contributed by atoms with Crippen molar-refractivity contribution in [3.63, 3.8) is 0 Å². The molecule has 6 nitrogen and oxygen atoms in total. The van der Waals surface area contributed by atoms with Crippen LogP contribution in [0.3, 0.4) is 0 Å². The number of para-hydroxylation sites is 1. The number of carbonyl (C=O) groups excluding carboxylic acids is 2. The van der Waals surface area contributed by atoms with Crippen molar-refractivity contribution in [1.29, 1.82) is 0 Å². The quantitative estimate of drug-likeness (QED) is 0.930. The van der Waals surface area contributed by atoms with Gasteiger partial charge in [0.15, 0.2) is 0 Å². The number of carbonyl (C=O) groups is 2. The summed E-state index contributed by atoms with van der Waals surface area (Å²) >= 11 is 0. The maximum Gasteiger partial charge on any atom is 0.269 e. The summed E-state index contributed by atoms with van der Waals surface area (Å²) < 4.78 is 1.71. The summed E-state index contributed by atoms with van der Waals surface area (Å²) in [7, 11) is 1.80. The number of amides is 2. The van der Waals surface area contributed by atoms with Crippen molar-refractivity contribution in [2.75, 3.05) is 18.0 Å². The summed E-state index contributed by atoms with van der Waals surface area (Å²) in [6, 6.07) is 9.62. The zero-order valence-corrected chi connectivity index (χ0v) is 13.3. The van der Waals surface area contributed by atoms with Gasteiger partial charge >= 0.3 is 0 Å². The average molecular weight is 312 g/mol. The predicted octanol–water partition coefficient (Wildman–Crippen LogP) is 1.51. The normalized spacial score (nSPS) is 17.6. The predicted molar refractivity (Wildman–Crippen MR) is 87.2 cm³/mol. The molecule has 1 aromatic carbocycles. The summed E-state index contributed by atoms with van der Waals surface area (Å²) in [6.45, 7) is 2.93. The molecule has 0 saturated carbocycles. The summed E-state index contributed by atoms with van der Waals surface area (Å²) in [6.07, 6.45) is 2.08. The van der Waals surface area contributed by atoms with E-state index in [2.05, 4.69) is 10.3 Å². The highest BCUT2D eigenvalue weighted by Crippen LogP contribution is 2.24. The van der Waals surface area contributed by atoms with Gasteiger partial charge < -0.3 is 14.8 Å². The van der Waals surface area contributed by atoms with Crippen molar-refractivity contribution in [1.82, 2.24) is 14.9 Å². The number of anilines is 1. The van der Waals surface area contributed by atoms with Gasteiger partial charge in [0.25, 0.3) is 5.91 Å². The van der Waals surface area contributed by atoms with E-state index in [0.717, 1.165) is 5.69 Å². The molecule has 1 aromatic heterocycles. The molecule has 2 heterocycles. The van der Waals surface area contributed by atoms with Crippen LogP contribution < -0.4 is 10.2 Å².